The quantitative estimate of drug-likeness (QED) is 0.735. The number of carbonyl (C=O) groups is 1. The third-order valence-corrected chi connectivity index (χ3v) is 3.71. The number of H-pyrrole nitrogens is 1. The number of aromatic nitrogens is 4. The van der Waals surface area contributed by atoms with Crippen LogP contribution in [0.4, 0.5) is 5.82 Å². The first-order valence-corrected chi connectivity index (χ1v) is 7.60. The first-order chi connectivity index (χ1) is 11.2. The highest BCUT2D eigenvalue weighted by Gasteiger charge is 2.16. The van der Waals surface area contributed by atoms with Crippen LogP contribution in [0.5, 0.6) is 0 Å². The highest BCUT2D eigenvalue weighted by molar-refractivity contribution is 5.92. The van der Waals surface area contributed by atoms with Crippen LogP contribution >= 0.6 is 0 Å². The Bertz CT molecular complexity index is 748. The van der Waals surface area contributed by atoms with Crippen LogP contribution in [0.2, 0.25) is 0 Å². The van der Waals surface area contributed by atoms with Gasteiger partial charge in [0.25, 0.3) is 0 Å². The third kappa shape index (κ3) is 3.85. The van der Waals surface area contributed by atoms with Crippen molar-refractivity contribution >= 4 is 11.7 Å². The monoisotopic (exact) mass is 309 g/mol. The van der Waals surface area contributed by atoms with Gasteiger partial charge in [-0.3, -0.25) is 14.6 Å². The standard InChI is InChI=1S/C17H19N5O/c1-13(22-11-5-10-18-22)17(23)19-16-12-15(20-21-16)9-8-14-6-3-2-4-7-14/h2-7,10-13H,8-9H2,1H3,(H2,19,20,21,23). The number of hydrogen-bond donors (Lipinski definition) is 2. The van der Waals surface area contributed by atoms with Gasteiger partial charge in [0.05, 0.1) is 0 Å². The fraction of sp³-hybridized carbons (Fsp3) is 0.235. The third-order valence-electron chi connectivity index (χ3n) is 3.71. The highest BCUT2D eigenvalue weighted by Crippen LogP contribution is 2.12. The van der Waals surface area contributed by atoms with Gasteiger partial charge in [-0.15, -0.1) is 0 Å². The predicted octanol–water partition coefficient (Wildman–Crippen LogP) is 2.59. The molecule has 0 spiro atoms. The van der Waals surface area contributed by atoms with E-state index >= 15 is 0 Å². The van der Waals surface area contributed by atoms with Crippen molar-refractivity contribution in [2.24, 2.45) is 0 Å². The van der Waals surface area contributed by atoms with E-state index in [1.807, 2.05) is 24.3 Å². The van der Waals surface area contributed by atoms with E-state index in [9.17, 15) is 4.79 Å². The molecule has 1 aromatic carbocycles. The van der Waals surface area contributed by atoms with E-state index in [2.05, 4.69) is 32.7 Å². The van der Waals surface area contributed by atoms with Gasteiger partial charge in [0.15, 0.2) is 5.82 Å². The van der Waals surface area contributed by atoms with Gasteiger partial charge in [-0.1, -0.05) is 30.3 Å². The Balaban J connectivity index is 1.56. The zero-order valence-corrected chi connectivity index (χ0v) is 12.9. The van der Waals surface area contributed by atoms with Crippen LogP contribution in [0.15, 0.2) is 54.9 Å². The van der Waals surface area contributed by atoms with E-state index in [-0.39, 0.29) is 11.9 Å². The summed E-state index contributed by atoms with van der Waals surface area (Å²) in [5, 5.41) is 14.0. The molecule has 0 aliphatic carbocycles. The zero-order chi connectivity index (χ0) is 16.1. The number of rotatable bonds is 6. The molecular weight excluding hydrogens is 290 g/mol. The molecule has 1 atom stereocenters. The van der Waals surface area contributed by atoms with Crippen molar-refractivity contribution in [1.29, 1.82) is 0 Å². The highest BCUT2D eigenvalue weighted by atomic mass is 16.2. The number of aryl methyl sites for hydroxylation is 2. The Kier molecular flexibility index (Phi) is 4.52. The summed E-state index contributed by atoms with van der Waals surface area (Å²) in [7, 11) is 0. The molecule has 0 fully saturated rings. The number of hydrogen-bond acceptors (Lipinski definition) is 3. The smallest absolute Gasteiger partial charge is 0.250 e. The molecular formula is C17H19N5O. The number of nitrogens with zero attached hydrogens (tertiary/aromatic N) is 3. The fourth-order valence-corrected chi connectivity index (χ4v) is 2.34. The van der Waals surface area contributed by atoms with Crippen LogP contribution in [-0.4, -0.2) is 25.9 Å². The molecule has 0 saturated carbocycles. The van der Waals surface area contributed by atoms with Gasteiger partial charge in [-0.2, -0.15) is 10.2 Å². The van der Waals surface area contributed by atoms with Gasteiger partial charge in [0.2, 0.25) is 5.91 Å². The second-order valence-corrected chi connectivity index (χ2v) is 5.42. The molecule has 0 radical (unpaired) electrons. The SMILES string of the molecule is CC(C(=O)Nc1cc(CCc2ccccc2)[nH]n1)n1cccn1. The first-order valence-electron chi connectivity index (χ1n) is 7.60. The predicted molar refractivity (Wildman–Crippen MR) is 88.0 cm³/mol. The summed E-state index contributed by atoms with van der Waals surface area (Å²) in [6.07, 6.45) is 5.20. The van der Waals surface area contributed by atoms with E-state index in [4.69, 9.17) is 0 Å². The zero-order valence-electron chi connectivity index (χ0n) is 12.9. The lowest BCUT2D eigenvalue weighted by Gasteiger charge is -2.10. The van der Waals surface area contributed by atoms with Crippen LogP contribution in [0, 0.1) is 0 Å². The summed E-state index contributed by atoms with van der Waals surface area (Å²) in [5.74, 6) is 0.395. The lowest BCUT2D eigenvalue weighted by molar-refractivity contribution is -0.119. The Morgan fingerprint density at radius 1 is 1.26 bits per heavy atom. The largest absolute Gasteiger partial charge is 0.307 e. The minimum atomic E-state index is -0.380. The summed E-state index contributed by atoms with van der Waals surface area (Å²) in [5.41, 5.74) is 2.27. The molecule has 6 heteroatoms. The van der Waals surface area contributed by atoms with Gasteiger partial charge < -0.3 is 5.32 Å². The minimum absolute atomic E-state index is 0.144. The molecule has 0 bridgehead atoms. The van der Waals surface area contributed by atoms with Gasteiger partial charge in [0, 0.05) is 24.2 Å². The number of nitrogens with one attached hydrogen (secondary N) is 2. The van der Waals surface area contributed by atoms with Crippen molar-refractivity contribution in [1.82, 2.24) is 20.0 Å². The molecule has 3 rings (SSSR count). The number of anilines is 1. The van der Waals surface area contributed by atoms with Crippen molar-refractivity contribution in [3.8, 4) is 0 Å². The average molecular weight is 309 g/mol. The lowest BCUT2D eigenvalue weighted by Crippen LogP contribution is -2.24. The van der Waals surface area contributed by atoms with E-state index in [0.29, 0.717) is 5.82 Å². The van der Waals surface area contributed by atoms with Crippen LogP contribution in [0.1, 0.15) is 24.2 Å². The van der Waals surface area contributed by atoms with Crippen LogP contribution in [-0.2, 0) is 17.6 Å². The van der Waals surface area contributed by atoms with Crippen LogP contribution in [0.25, 0.3) is 0 Å². The van der Waals surface area contributed by atoms with Gasteiger partial charge in [-0.25, -0.2) is 0 Å². The van der Waals surface area contributed by atoms with Crippen molar-refractivity contribution in [2.75, 3.05) is 5.32 Å². The summed E-state index contributed by atoms with van der Waals surface area (Å²) in [6.45, 7) is 1.80. The summed E-state index contributed by atoms with van der Waals surface area (Å²) in [4.78, 5) is 12.2. The molecule has 1 unspecified atom stereocenters. The topological polar surface area (TPSA) is 75.6 Å². The Hall–Kier alpha value is -2.89. The number of carbonyl (C=O) groups excluding carboxylic acids is 1. The Labute approximate surface area is 134 Å². The summed E-state index contributed by atoms with van der Waals surface area (Å²) >= 11 is 0. The molecule has 23 heavy (non-hydrogen) atoms. The van der Waals surface area contributed by atoms with Crippen LogP contribution < -0.4 is 5.32 Å². The van der Waals surface area contributed by atoms with E-state index < -0.39 is 0 Å². The Morgan fingerprint density at radius 3 is 2.83 bits per heavy atom. The molecule has 2 heterocycles. The number of aromatic amines is 1. The van der Waals surface area contributed by atoms with Crippen molar-refractivity contribution in [3.63, 3.8) is 0 Å². The lowest BCUT2D eigenvalue weighted by atomic mass is 10.1. The molecule has 2 N–H and O–H groups in total. The van der Waals surface area contributed by atoms with E-state index in [1.54, 1.807) is 30.1 Å². The second-order valence-electron chi connectivity index (χ2n) is 5.42. The van der Waals surface area contributed by atoms with Crippen molar-refractivity contribution in [2.45, 2.75) is 25.8 Å². The fourth-order valence-electron chi connectivity index (χ4n) is 2.34. The molecule has 3 aromatic rings. The number of amides is 1. The molecule has 0 aliphatic rings. The molecule has 118 valence electrons. The van der Waals surface area contributed by atoms with Crippen molar-refractivity contribution < 1.29 is 4.79 Å². The summed E-state index contributed by atoms with van der Waals surface area (Å²) in [6, 6.07) is 13.6. The van der Waals surface area contributed by atoms with E-state index in [1.165, 1.54) is 5.56 Å². The number of benzene rings is 1. The Morgan fingerprint density at radius 2 is 2.09 bits per heavy atom. The molecule has 1 amide bonds. The second kappa shape index (κ2) is 6.91. The van der Waals surface area contributed by atoms with Crippen molar-refractivity contribution in [3.05, 3.63) is 66.1 Å². The minimum Gasteiger partial charge on any atom is -0.307 e. The van der Waals surface area contributed by atoms with Gasteiger partial charge >= 0.3 is 0 Å². The van der Waals surface area contributed by atoms with Gasteiger partial charge in [-0.05, 0) is 31.4 Å². The van der Waals surface area contributed by atoms with Crippen LogP contribution in [0.3, 0.4) is 0 Å². The average Bonchev–Trinajstić information content (AvgIpc) is 3.25. The maximum Gasteiger partial charge on any atom is 0.250 e. The first kappa shape index (κ1) is 15.0. The molecule has 2 aromatic heterocycles. The van der Waals surface area contributed by atoms with Gasteiger partial charge in [0.1, 0.15) is 6.04 Å². The maximum atomic E-state index is 12.2. The summed E-state index contributed by atoms with van der Waals surface area (Å²) < 4.78 is 1.61. The normalized spacial score (nSPS) is 12.0. The maximum absolute atomic E-state index is 12.2. The molecule has 0 saturated heterocycles. The molecule has 6 nitrogen and oxygen atoms in total. The molecule has 0 aliphatic heterocycles. The van der Waals surface area contributed by atoms with E-state index in [0.717, 1.165) is 18.5 Å².